The normalized spacial score (nSPS) is 19.7. The Morgan fingerprint density at radius 3 is 2.94 bits per heavy atom. The summed E-state index contributed by atoms with van der Waals surface area (Å²) in [6.07, 6.45) is 7.72. The minimum Gasteiger partial charge on any atom is -0.341 e. The van der Waals surface area contributed by atoms with Crippen LogP contribution in [0.5, 0.6) is 0 Å². The molecule has 17 heavy (non-hydrogen) atoms. The van der Waals surface area contributed by atoms with Gasteiger partial charge in [0.25, 0.3) is 0 Å². The summed E-state index contributed by atoms with van der Waals surface area (Å²) in [4.78, 5) is 16.3. The first-order valence-electron chi connectivity index (χ1n) is 5.90. The molecular formula is C12H15N5. The number of hydrogen-bond donors (Lipinski definition) is 2. The average Bonchev–Trinajstić information content (AvgIpc) is 3.00. The van der Waals surface area contributed by atoms with Gasteiger partial charge in [0.1, 0.15) is 5.69 Å². The van der Waals surface area contributed by atoms with E-state index >= 15 is 0 Å². The first-order valence-corrected chi connectivity index (χ1v) is 5.90. The van der Waals surface area contributed by atoms with E-state index in [1.165, 1.54) is 6.42 Å². The zero-order valence-electron chi connectivity index (χ0n) is 9.77. The molecule has 2 N–H and O–H groups in total. The molecule has 0 radical (unpaired) electrons. The molecule has 5 nitrogen and oxygen atoms in total. The van der Waals surface area contributed by atoms with Crippen molar-refractivity contribution in [1.82, 2.24) is 25.3 Å². The summed E-state index contributed by atoms with van der Waals surface area (Å²) in [6.45, 7) is 3.04. The summed E-state index contributed by atoms with van der Waals surface area (Å²) in [5.74, 6) is 0.787. The van der Waals surface area contributed by atoms with Gasteiger partial charge in [-0.25, -0.2) is 9.97 Å². The number of rotatable bonds is 2. The Kier molecular flexibility index (Phi) is 2.60. The Morgan fingerprint density at radius 1 is 1.29 bits per heavy atom. The van der Waals surface area contributed by atoms with E-state index < -0.39 is 0 Å². The van der Waals surface area contributed by atoms with Crippen molar-refractivity contribution in [3.63, 3.8) is 0 Å². The van der Waals surface area contributed by atoms with Crippen LogP contribution in [0.2, 0.25) is 0 Å². The van der Waals surface area contributed by atoms with Gasteiger partial charge in [-0.1, -0.05) is 0 Å². The Morgan fingerprint density at radius 2 is 2.24 bits per heavy atom. The average molecular weight is 229 g/mol. The van der Waals surface area contributed by atoms with Crippen LogP contribution < -0.4 is 5.32 Å². The van der Waals surface area contributed by atoms with Gasteiger partial charge in [-0.2, -0.15) is 0 Å². The second-order valence-electron chi connectivity index (χ2n) is 4.39. The first-order chi connectivity index (χ1) is 8.33. The summed E-state index contributed by atoms with van der Waals surface area (Å²) in [5.41, 5.74) is 2.85. The van der Waals surface area contributed by atoms with E-state index in [0.29, 0.717) is 6.04 Å². The topological polar surface area (TPSA) is 66.5 Å². The van der Waals surface area contributed by atoms with Crippen molar-refractivity contribution >= 4 is 0 Å². The second-order valence-corrected chi connectivity index (χ2v) is 4.39. The predicted octanol–water partition coefficient (Wildman–Crippen LogP) is 1.60. The van der Waals surface area contributed by atoms with Gasteiger partial charge in [0, 0.05) is 11.9 Å². The minimum absolute atomic E-state index is 0.346. The van der Waals surface area contributed by atoms with Crippen molar-refractivity contribution in [2.24, 2.45) is 0 Å². The Hall–Kier alpha value is -1.75. The molecule has 0 spiro atoms. The van der Waals surface area contributed by atoms with E-state index in [-0.39, 0.29) is 0 Å². The summed E-state index contributed by atoms with van der Waals surface area (Å²) in [6, 6.07) is 0.346. The zero-order chi connectivity index (χ0) is 11.7. The van der Waals surface area contributed by atoms with E-state index in [1.807, 2.05) is 13.1 Å². The van der Waals surface area contributed by atoms with Crippen molar-refractivity contribution in [3.05, 3.63) is 30.0 Å². The van der Waals surface area contributed by atoms with Crippen molar-refractivity contribution in [2.75, 3.05) is 6.54 Å². The Balaban J connectivity index is 1.93. The van der Waals surface area contributed by atoms with Crippen molar-refractivity contribution in [3.8, 4) is 11.5 Å². The minimum atomic E-state index is 0.346. The summed E-state index contributed by atoms with van der Waals surface area (Å²) >= 11 is 0. The number of H-pyrrole nitrogens is 1. The maximum atomic E-state index is 4.62. The highest BCUT2D eigenvalue weighted by molar-refractivity contribution is 5.47. The fourth-order valence-electron chi connectivity index (χ4n) is 2.14. The van der Waals surface area contributed by atoms with Crippen LogP contribution in [0.15, 0.2) is 18.6 Å². The molecule has 5 heteroatoms. The molecule has 0 aliphatic carbocycles. The van der Waals surface area contributed by atoms with Gasteiger partial charge >= 0.3 is 0 Å². The zero-order valence-corrected chi connectivity index (χ0v) is 9.77. The van der Waals surface area contributed by atoms with Crippen LogP contribution in [-0.2, 0) is 0 Å². The Labute approximate surface area is 99.7 Å². The monoisotopic (exact) mass is 229 g/mol. The van der Waals surface area contributed by atoms with E-state index in [9.17, 15) is 0 Å². The molecule has 0 aromatic carbocycles. The summed E-state index contributed by atoms with van der Waals surface area (Å²) in [5, 5.41) is 3.42. The maximum Gasteiger partial charge on any atom is 0.157 e. The quantitative estimate of drug-likeness (QED) is 0.820. The number of nitrogens with zero attached hydrogens (tertiary/aromatic N) is 3. The van der Waals surface area contributed by atoms with Gasteiger partial charge < -0.3 is 10.3 Å². The molecule has 2 aromatic heterocycles. The smallest absolute Gasteiger partial charge is 0.157 e. The van der Waals surface area contributed by atoms with Gasteiger partial charge in [-0.15, -0.1) is 0 Å². The van der Waals surface area contributed by atoms with Crippen LogP contribution in [0.25, 0.3) is 11.5 Å². The molecule has 88 valence electrons. The van der Waals surface area contributed by atoms with Crippen molar-refractivity contribution in [2.45, 2.75) is 25.8 Å². The van der Waals surface area contributed by atoms with E-state index in [2.05, 4.69) is 25.3 Å². The van der Waals surface area contributed by atoms with Crippen LogP contribution in [-0.4, -0.2) is 26.5 Å². The van der Waals surface area contributed by atoms with Gasteiger partial charge in [0.15, 0.2) is 5.82 Å². The van der Waals surface area contributed by atoms with E-state index in [0.717, 1.165) is 35.9 Å². The number of hydrogen-bond acceptors (Lipinski definition) is 4. The van der Waals surface area contributed by atoms with Crippen LogP contribution in [0.4, 0.5) is 0 Å². The lowest BCUT2D eigenvalue weighted by Gasteiger charge is -2.09. The number of aromatic nitrogens is 4. The van der Waals surface area contributed by atoms with Crippen molar-refractivity contribution in [1.29, 1.82) is 0 Å². The summed E-state index contributed by atoms with van der Waals surface area (Å²) < 4.78 is 0. The molecule has 3 heterocycles. The highest BCUT2D eigenvalue weighted by Gasteiger charge is 2.18. The summed E-state index contributed by atoms with van der Waals surface area (Å²) in [7, 11) is 0. The largest absolute Gasteiger partial charge is 0.341 e. The number of imidazole rings is 1. The van der Waals surface area contributed by atoms with Gasteiger partial charge in [0.05, 0.1) is 24.1 Å². The molecule has 0 amide bonds. The SMILES string of the molecule is Cc1cnc(-c2cncc(C3CCCN3)n2)[nH]1. The molecule has 1 unspecified atom stereocenters. The van der Waals surface area contributed by atoms with Crippen molar-refractivity contribution < 1.29 is 0 Å². The molecule has 0 saturated carbocycles. The number of aromatic amines is 1. The lowest BCUT2D eigenvalue weighted by atomic mass is 10.2. The maximum absolute atomic E-state index is 4.62. The molecule has 1 atom stereocenters. The highest BCUT2D eigenvalue weighted by atomic mass is 15.0. The fourth-order valence-corrected chi connectivity index (χ4v) is 2.14. The molecule has 3 rings (SSSR count). The molecular weight excluding hydrogens is 214 g/mol. The fraction of sp³-hybridized carbons (Fsp3) is 0.417. The lowest BCUT2D eigenvalue weighted by Crippen LogP contribution is -2.14. The molecule has 0 bridgehead atoms. The van der Waals surface area contributed by atoms with Crippen LogP contribution in [0, 0.1) is 6.92 Å². The van der Waals surface area contributed by atoms with Gasteiger partial charge in [-0.3, -0.25) is 4.98 Å². The third-order valence-electron chi connectivity index (χ3n) is 3.02. The standard InChI is InChI=1S/C12H15N5/c1-8-5-15-12(16-8)11-7-13-6-10(17-11)9-3-2-4-14-9/h5-7,9,14H,2-4H2,1H3,(H,15,16). The van der Waals surface area contributed by atoms with E-state index in [1.54, 1.807) is 12.4 Å². The molecule has 1 saturated heterocycles. The van der Waals surface area contributed by atoms with Crippen LogP contribution in [0.1, 0.15) is 30.3 Å². The molecule has 1 aliphatic heterocycles. The predicted molar refractivity (Wildman–Crippen MR) is 64.3 cm³/mol. The molecule has 1 aliphatic rings. The number of nitrogens with one attached hydrogen (secondary N) is 2. The second kappa shape index (κ2) is 4.25. The Bertz CT molecular complexity index is 513. The lowest BCUT2D eigenvalue weighted by molar-refractivity contribution is 0.625. The molecule has 1 fully saturated rings. The molecule has 2 aromatic rings. The van der Waals surface area contributed by atoms with E-state index in [4.69, 9.17) is 0 Å². The van der Waals surface area contributed by atoms with Crippen LogP contribution in [0.3, 0.4) is 0 Å². The third-order valence-corrected chi connectivity index (χ3v) is 3.02. The van der Waals surface area contributed by atoms with Gasteiger partial charge in [-0.05, 0) is 26.3 Å². The van der Waals surface area contributed by atoms with Gasteiger partial charge in [0.2, 0.25) is 0 Å². The van der Waals surface area contributed by atoms with Crippen LogP contribution >= 0.6 is 0 Å². The number of aryl methyl sites for hydroxylation is 1. The highest BCUT2D eigenvalue weighted by Crippen LogP contribution is 2.22. The first kappa shape index (κ1) is 10.4. The third kappa shape index (κ3) is 2.06.